The van der Waals surface area contributed by atoms with Crippen molar-refractivity contribution in [3.63, 3.8) is 0 Å². The Morgan fingerprint density at radius 3 is 1.90 bits per heavy atom. The molecule has 154 valence electrons. The highest BCUT2D eigenvalue weighted by Gasteiger charge is 2.15. The molecule has 0 atom stereocenters. The molecule has 0 amide bonds. The molecule has 0 saturated heterocycles. The number of hydrogen-bond acceptors (Lipinski definition) is 10. The van der Waals surface area contributed by atoms with E-state index in [0.29, 0.717) is 24.3 Å². The van der Waals surface area contributed by atoms with Crippen LogP contribution in [0.15, 0.2) is 85.8 Å². The number of fused-ring (bicyclic) bond motifs is 1. The van der Waals surface area contributed by atoms with E-state index in [2.05, 4.69) is 9.68 Å². The molecule has 3 rings (SSSR count). The zero-order valence-electron chi connectivity index (χ0n) is 14.7. The van der Waals surface area contributed by atoms with E-state index in [0.717, 1.165) is 0 Å². The second kappa shape index (κ2) is 8.64. The summed E-state index contributed by atoms with van der Waals surface area (Å²) >= 11 is 0. The summed E-state index contributed by atoms with van der Waals surface area (Å²) in [5.74, 6) is -2.10. The van der Waals surface area contributed by atoms with E-state index in [9.17, 15) is 28.4 Å². The van der Waals surface area contributed by atoms with Crippen LogP contribution < -0.4 is 22.5 Å². The van der Waals surface area contributed by atoms with Crippen molar-refractivity contribution >= 4 is 11.7 Å². The Hall–Kier alpha value is -4.55. The summed E-state index contributed by atoms with van der Waals surface area (Å²) in [4.78, 5) is 60.0. The first-order valence-corrected chi connectivity index (χ1v) is 7.98. The van der Waals surface area contributed by atoms with Crippen molar-refractivity contribution in [2.75, 3.05) is 0 Å². The van der Waals surface area contributed by atoms with E-state index >= 15 is 0 Å². The standard InChI is InChI=1S/C17H10FN3O9/c18-9-10-1-3-11(4-2-10)16(26)20-17-19-27-12(22)5-6-14(24)29-21(17)30-15(25)8-7-13(23)28-20/h1-8H,9H2. The number of halogens is 1. The van der Waals surface area contributed by atoms with Crippen molar-refractivity contribution in [1.82, 2.24) is 14.6 Å². The number of aromatic nitrogens is 3. The third kappa shape index (κ3) is 4.64. The second-order valence-corrected chi connectivity index (χ2v) is 5.39. The van der Waals surface area contributed by atoms with Crippen LogP contribution in [-0.2, 0) is 6.67 Å². The highest BCUT2D eigenvalue weighted by Crippen LogP contribution is 2.08. The first-order chi connectivity index (χ1) is 14.4. The Morgan fingerprint density at radius 1 is 0.800 bits per heavy atom. The minimum Gasteiger partial charge on any atom is -0.325 e. The fraction of sp³-hybridized carbons (Fsp3) is 0.0588. The van der Waals surface area contributed by atoms with Crippen LogP contribution in [0.5, 0.6) is 0 Å². The molecular formula is C17H10FN3O9. The Morgan fingerprint density at radius 2 is 1.33 bits per heavy atom. The minimum atomic E-state index is -1.22. The summed E-state index contributed by atoms with van der Waals surface area (Å²) in [6, 6.07) is 7.51. The molecule has 2 heterocycles. The topological polar surface area (TPSA) is 160 Å². The van der Waals surface area contributed by atoms with Crippen molar-refractivity contribution in [3.05, 3.63) is 101 Å². The van der Waals surface area contributed by atoms with Gasteiger partial charge in [0.05, 0.1) is 0 Å². The van der Waals surface area contributed by atoms with E-state index in [1.165, 1.54) is 24.3 Å². The third-order valence-corrected chi connectivity index (χ3v) is 3.34. The highest BCUT2D eigenvalue weighted by atomic mass is 19.1. The normalized spacial score (nSPS) is 10.3. The molecule has 30 heavy (non-hydrogen) atoms. The summed E-state index contributed by atoms with van der Waals surface area (Å²) in [5.41, 5.74) is -4.68. The second-order valence-electron chi connectivity index (χ2n) is 5.39. The van der Waals surface area contributed by atoms with Crippen LogP contribution >= 0.6 is 0 Å². The maximum Gasteiger partial charge on any atom is 0.360 e. The highest BCUT2D eigenvalue weighted by molar-refractivity contribution is 5.96. The van der Waals surface area contributed by atoms with Crippen molar-refractivity contribution in [3.8, 4) is 0 Å². The van der Waals surface area contributed by atoms with Crippen LogP contribution in [0.4, 0.5) is 4.39 Å². The Bertz CT molecular complexity index is 1420. The van der Waals surface area contributed by atoms with Gasteiger partial charge in [-0.05, 0) is 22.9 Å². The molecule has 0 aliphatic heterocycles. The molecule has 0 aliphatic carbocycles. The number of benzene rings is 1. The fourth-order valence-electron chi connectivity index (χ4n) is 2.00. The van der Waals surface area contributed by atoms with Crippen LogP contribution in [0, 0.1) is 0 Å². The monoisotopic (exact) mass is 419 g/mol. The summed E-state index contributed by atoms with van der Waals surface area (Å²) in [7, 11) is 0. The molecule has 0 spiro atoms. The zero-order chi connectivity index (χ0) is 21.7. The molecule has 13 heteroatoms. The molecule has 1 aromatic carbocycles. The average Bonchev–Trinajstić information content (AvgIpc) is 2.83. The molecule has 0 fully saturated rings. The van der Waals surface area contributed by atoms with E-state index in [1.807, 2.05) is 0 Å². The summed E-state index contributed by atoms with van der Waals surface area (Å²) in [5, 5.41) is 3.28. The van der Waals surface area contributed by atoms with Crippen molar-refractivity contribution in [2.45, 2.75) is 6.67 Å². The van der Waals surface area contributed by atoms with Gasteiger partial charge in [-0.3, -0.25) is 13.8 Å². The molecule has 0 unspecified atom stereocenters. The van der Waals surface area contributed by atoms with E-state index in [-0.39, 0.29) is 20.6 Å². The summed E-state index contributed by atoms with van der Waals surface area (Å²) in [6.45, 7) is -0.784. The van der Waals surface area contributed by atoms with E-state index in [4.69, 9.17) is 13.6 Å². The van der Waals surface area contributed by atoms with Gasteiger partial charge in [0.15, 0.2) is 0 Å². The van der Waals surface area contributed by atoms with Crippen LogP contribution in [-0.4, -0.2) is 20.5 Å². The number of hydrogen-bond donors (Lipinski definition) is 0. The van der Waals surface area contributed by atoms with Crippen molar-refractivity contribution in [2.24, 2.45) is 0 Å². The molecule has 0 N–H and O–H groups in total. The smallest absolute Gasteiger partial charge is 0.325 e. The number of nitrogens with zero attached hydrogens (tertiary/aromatic N) is 3. The van der Waals surface area contributed by atoms with Gasteiger partial charge >= 0.3 is 28.3 Å². The lowest BCUT2D eigenvalue weighted by atomic mass is 10.1. The van der Waals surface area contributed by atoms with Crippen LogP contribution in [0.1, 0.15) is 15.9 Å². The number of carbonyl (C=O) groups excluding carboxylic acids is 1. The van der Waals surface area contributed by atoms with Gasteiger partial charge in [-0.15, -0.1) is 0 Å². The fourth-order valence-corrected chi connectivity index (χ4v) is 2.00. The van der Waals surface area contributed by atoms with Gasteiger partial charge in [0.1, 0.15) is 6.67 Å². The lowest BCUT2D eigenvalue weighted by Crippen LogP contribution is -2.18. The molecule has 0 radical (unpaired) electrons. The maximum absolute atomic E-state index is 12.9. The van der Waals surface area contributed by atoms with Gasteiger partial charge in [0, 0.05) is 34.6 Å². The molecule has 0 aliphatic rings. The molecular weight excluding hydrogens is 409 g/mol. The zero-order valence-corrected chi connectivity index (χ0v) is 14.7. The van der Waals surface area contributed by atoms with Gasteiger partial charge in [0.2, 0.25) is 0 Å². The Labute approximate surface area is 162 Å². The van der Waals surface area contributed by atoms with Crippen molar-refractivity contribution in [1.29, 1.82) is 0 Å². The minimum absolute atomic E-state index is 0.0182. The predicted octanol–water partition coefficient (Wildman–Crippen LogP) is 0.355. The molecule has 0 bridgehead atoms. The molecule has 3 aromatic rings. The van der Waals surface area contributed by atoms with Crippen LogP contribution in [0.2, 0.25) is 0 Å². The van der Waals surface area contributed by atoms with Gasteiger partial charge in [-0.25, -0.2) is 23.6 Å². The van der Waals surface area contributed by atoms with Gasteiger partial charge < -0.3 is 9.05 Å². The number of rotatable bonds is 2. The number of alkyl halides is 1. The maximum atomic E-state index is 12.9. The first-order valence-electron chi connectivity index (χ1n) is 7.98. The predicted molar refractivity (Wildman–Crippen MR) is 93.6 cm³/mol. The molecule has 2 aromatic heterocycles. The average molecular weight is 419 g/mol. The molecule has 0 saturated carbocycles. The van der Waals surface area contributed by atoms with E-state index in [1.54, 1.807) is 0 Å². The SMILES string of the molecule is O=C(c1ccc(CF)cc1)n1oc(=O)ccc(=O)on2oc(=O)ccc(=O)onc12. The van der Waals surface area contributed by atoms with Crippen LogP contribution in [0.25, 0.3) is 5.78 Å². The largest absolute Gasteiger partial charge is 0.360 e. The van der Waals surface area contributed by atoms with Gasteiger partial charge in [-0.1, -0.05) is 16.9 Å². The summed E-state index contributed by atoms with van der Waals surface area (Å²) < 4.78 is 31.6. The van der Waals surface area contributed by atoms with Crippen molar-refractivity contribution < 1.29 is 27.3 Å². The lowest BCUT2D eigenvalue weighted by Gasteiger charge is -2.02. The van der Waals surface area contributed by atoms with Gasteiger partial charge in [0.25, 0.3) is 5.91 Å². The third-order valence-electron chi connectivity index (χ3n) is 3.34. The lowest BCUT2D eigenvalue weighted by molar-refractivity contribution is 0.0777. The molecule has 12 nitrogen and oxygen atoms in total. The quantitative estimate of drug-likeness (QED) is 0.567. The van der Waals surface area contributed by atoms with Crippen LogP contribution in [0.3, 0.4) is 0 Å². The number of carbonyl (C=O) groups is 1. The first kappa shape index (κ1) is 20.2. The Kier molecular flexibility index (Phi) is 5.81. The van der Waals surface area contributed by atoms with E-state index < -0.39 is 40.9 Å². The summed E-state index contributed by atoms with van der Waals surface area (Å²) in [6.07, 6.45) is 0. The Balaban J connectivity index is 2.53. The van der Waals surface area contributed by atoms with Gasteiger partial charge in [-0.2, -0.15) is 0 Å².